The van der Waals surface area contributed by atoms with Crippen molar-refractivity contribution in [2.24, 2.45) is 12.8 Å². The van der Waals surface area contributed by atoms with Gasteiger partial charge in [0.15, 0.2) is 0 Å². The number of aromatic nitrogens is 2. The van der Waals surface area contributed by atoms with Gasteiger partial charge in [0.1, 0.15) is 5.82 Å². The highest BCUT2D eigenvalue weighted by Gasteiger charge is 2.06. The lowest BCUT2D eigenvalue weighted by atomic mass is 10.3. The molecule has 1 heterocycles. The van der Waals surface area contributed by atoms with Crippen LogP contribution in [0.25, 0.3) is 11.0 Å². The number of hydrogen-bond donors (Lipinski definition) is 2. The van der Waals surface area contributed by atoms with Gasteiger partial charge >= 0.3 is 0 Å². The van der Waals surface area contributed by atoms with Crippen molar-refractivity contribution >= 4 is 16.7 Å². The Labute approximate surface area is 82.5 Å². The summed E-state index contributed by atoms with van der Waals surface area (Å²) < 4.78 is 2.04. The first-order valence-electron chi connectivity index (χ1n) is 4.63. The summed E-state index contributed by atoms with van der Waals surface area (Å²) in [6, 6.07) is 5.73. The number of nitrogens with two attached hydrogens (primary N) is 2. The highest BCUT2D eigenvalue weighted by Crippen LogP contribution is 2.17. The number of imidazole rings is 1. The molecule has 74 valence electrons. The number of rotatable bonds is 2. The summed E-state index contributed by atoms with van der Waals surface area (Å²) >= 11 is 0. The van der Waals surface area contributed by atoms with Crippen LogP contribution in [0.15, 0.2) is 18.2 Å². The second-order valence-corrected chi connectivity index (χ2v) is 3.37. The minimum absolute atomic E-state index is 0.618. The van der Waals surface area contributed by atoms with Gasteiger partial charge in [0.25, 0.3) is 0 Å². The van der Waals surface area contributed by atoms with Crippen molar-refractivity contribution in [3.05, 3.63) is 24.0 Å². The SMILES string of the molecule is Cn1c(CCN)nc2ccc(N)cc21. The molecule has 4 N–H and O–H groups in total. The lowest BCUT2D eigenvalue weighted by molar-refractivity contribution is 0.794. The van der Waals surface area contributed by atoms with E-state index in [4.69, 9.17) is 11.5 Å². The summed E-state index contributed by atoms with van der Waals surface area (Å²) in [7, 11) is 1.99. The molecular formula is C10H14N4. The van der Waals surface area contributed by atoms with Crippen molar-refractivity contribution in [3.63, 3.8) is 0 Å². The Balaban J connectivity index is 2.62. The van der Waals surface area contributed by atoms with E-state index in [1.165, 1.54) is 0 Å². The molecule has 4 nitrogen and oxygen atoms in total. The van der Waals surface area contributed by atoms with Crippen molar-refractivity contribution in [2.75, 3.05) is 12.3 Å². The fraction of sp³-hybridized carbons (Fsp3) is 0.300. The van der Waals surface area contributed by atoms with Gasteiger partial charge in [0.2, 0.25) is 0 Å². The first kappa shape index (κ1) is 9.02. The Morgan fingerprint density at radius 2 is 2.21 bits per heavy atom. The molecule has 0 aliphatic carbocycles. The van der Waals surface area contributed by atoms with E-state index in [1.807, 2.05) is 29.8 Å². The predicted molar refractivity (Wildman–Crippen MR) is 57.9 cm³/mol. The van der Waals surface area contributed by atoms with Gasteiger partial charge in [-0.05, 0) is 24.7 Å². The Kier molecular flexibility index (Phi) is 2.13. The Bertz CT molecular complexity index is 458. The Morgan fingerprint density at radius 3 is 2.93 bits per heavy atom. The van der Waals surface area contributed by atoms with Crippen LogP contribution < -0.4 is 11.5 Å². The molecular weight excluding hydrogens is 176 g/mol. The van der Waals surface area contributed by atoms with Gasteiger partial charge in [-0.15, -0.1) is 0 Å². The van der Waals surface area contributed by atoms with Crippen LogP contribution in [0.5, 0.6) is 0 Å². The van der Waals surface area contributed by atoms with Crippen LogP contribution in [0, 0.1) is 0 Å². The van der Waals surface area contributed by atoms with Gasteiger partial charge in [-0.25, -0.2) is 4.98 Å². The molecule has 0 atom stereocenters. The third-order valence-electron chi connectivity index (χ3n) is 2.37. The molecule has 0 spiro atoms. The third-order valence-corrected chi connectivity index (χ3v) is 2.37. The molecule has 0 unspecified atom stereocenters. The summed E-state index contributed by atoms with van der Waals surface area (Å²) in [6.07, 6.45) is 0.797. The maximum Gasteiger partial charge on any atom is 0.110 e. The van der Waals surface area contributed by atoms with Gasteiger partial charge in [-0.2, -0.15) is 0 Å². The fourth-order valence-electron chi connectivity index (χ4n) is 1.61. The average Bonchev–Trinajstić information content (AvgIpc) is 2.46. The van der Waals surface area contributed by atoms with Crippen molar-refractivity contribution in [1.29, 1.82) is 0 Å². The van der Waals surface area contributed by atoms with Crippen molar-refractivity contribution < 1.29 is 0 Å². The van der Waals surface area contributed by atoms with E-state index in [9.17, 15) is 0 Å². The lowest BCUT2D eigenvalue weighted by Gasteiger charge is -1.99. The highest BCUT2D eigenvalue weighted by molar-refractivity contribution is 5.79. The fourth-order valence-corrected chi connectivity index (χ4v) is 1.61. The molecule has 0 fully saturated rings. The third kappa shape index (κ3) is 1.33. The van der Waals surface area contributed by atoms with Crippen molar-refractivity contribution in [2.45, 2.75) is 6.42 Å². The van der Waals surface area contributed by atoms with E-state index in [2.05, 4.69) is 4.98 Å². The minimum atomic E-state index is 0.618. The van der Waals surface area contributed by atoms with Crippen LogP contribution in [0.2, 0.25) is 0 Å². The molecule has 0 saturated heterocycles. The van der Waals surface area contributed by atoms with Gasteiger partial charge < -0.3 is 16.0 Å². The average molecular weight is 190 g/mol. The van der Waals surface area contributed by atoms with E-state index >= 15 is 0 Å². The molecule has 0 saturated carbocycles. The zero-order valence-electron chi connectivity index (χ0n) is 8.20. The largest absolute Gasteiger partial charge is 0.399 e. The Hall–Kier alpha value is -1.55. The molecule has 1 aromatic carbocycles. The molecule has 14 heavy (non-hydrogen) atoms. The second-order valence-electron chi connectivity index (χ2n) is 3.37. The van der Waals surface area contributed by atoms with E-state index in [-0.39, 0.29) is 0 Å². The smallest absolute Gasteiger partial charge is 0.110 e. The predicted octanol–water partition coefficient (Wildman–Crippen LogP) is 0.657. The van der Waals surface area contributed by atoms with Crippen LogP contribution in [-0.2, 0) is 13.5 Å². The summed E-state index contributed by atoms with van der Waals surface area (Å²) in [4.78, 5) is 4.47. The molecule has 0 aliphatic heterocycles. The zero-order chi connectivity index (χ0) is 10.1. The molecule has 1 aromatic heterocycles. The number of fused-ring (bicyclic) bond motifs is 1. The van der Waals surface area contributed by atoms with Gasteiger partial charge in [0, 0.05) is 19.2 Å². The van der Waals surface area contributed by atoms with Crippen LogP contribution >= 0.6 is 0 Å². The van der Waals surface area contributed by atoms with Crippen LogP contribution in [0.4, 0.5) is 5.69 Å². The summed E-state index contributed by atoms with van der Waals surface area (Å²) in [5, 5.41) is 0. The number of benzene rings is 1. The zero-order valence-corrected chi connectivity index (χ0v) is 8.20. The standard InChI is InChI=1S/C10H14N4/c1-14-9-6-7(12)2-3-8(9)13-10(14)4-5-11/h2-3,6H,4-5,11-12H2,1H3. The van der Waals surface area contributed by atoms with Crippen LogP contribution in [0.1, 0.15) is 5.82 Å². The molecule has 0 aliphatic rings. The number of nitrogen functional groups attached to an aromatic ring is 1. The maximum atomic E-state index is 5.71. The summed E-state index contributed by atoms with van der Waals surface area (Å²) in [5.41, 5.74) is 14.0. The molecule has 0 bridgehead atoms. The van der Waals surface area contributed by atoms with E-state index in [0.717, 1.165) is 29.0 Å². The Morgan fingerprint density at radius 1 is 1.43 bits per heavy atom. The molecule has 4 heteroatoms. The first-order valence-corrected chi connectivity index (χ1v) is 4.63. The second kappa shape index (κ2) is 3.31. The topological polar surface area (TPSA) is 69.9 Å². The molecule has 0 radical (unpaired) electrons. The molecule has 2 rings (SSSR count). The first-order chi connectivity index (χ1) is 6.72. The lowest BCUT2D eigenvalue weighted by Crippen LogP contribution is -2.07. The number of anilines is 1. The van der Waals surface area contributed by atoms with Gasteiger partial charge in [-0.1, -0.05) is 0 Å². The minimum Gasteiger partial charge on any atom is -0.399 e. The highest BCUT2D eigenvalue weighted by atomic mass is 15.1. The molecule has 0 amide bonds. The van der Waals surface area contributed by atoms with Gasteiger partial charge in [0.05, 0.1) is 11.0 Å². The van der Waals surface area contributed by atoms with Crippen LogP contribution in [0.3, 0.4) is 0 Å². The maximum absolute atomic E-state index is 5.71. The van der Waals surface area contributed by atoms with Gasteiger partial charge in [-0.3, -0.25) is 0 Å². The van der Waals surface area contributed by atoms with Crippen molar-refractivity contribution in [3.8, 4) is 0 Å². The quantitative estimate of drug-likeness (QED) is 0.683. The normalized spacial score (nSPS) is 11.0. The number of hydrogen-bond acceptors (Lipinski definition) is 3. The number of nitrogens with zero attached hydrogens (tertiary/aromatic N) is 2. The number of aryl methyl sites for hydroxylation is 1. The van der Waals surface area contributed by atoms with Crippen LogP contribution in [-0.4, -0.2) is 16.1 Å². The van der Waals surface area contributed by atoms with Crippen molar-refractivity contribution in [1.82, 2.24) is 9.55 Å². The monoisotopic (exact) mass is 190 g/mol. The van der Waals surface area contributed by atoms with E-state index in [0.29, 0.717) is 6.54 Å². The summed E-state index contributed by atoms with van der Waals surface area (Å²) in [6.45, 7) is 0.618. The molecule has 2 aromatic rings. The summed E-state index contributed by atoms with van der Waals surface area (Å²) in [5.74, 6) is 1.01. The van der Waals surface area contributed by atoms with E-state index < -0.39 is 0 Å². The van der Waals surface area contributed by atoms with E-state index in [1.54, 1.807) is 0 Å².